The van der Waals surface area contributed by atoms with Gasteiger partial charge in [0, 0.05) is 22.3 Å². The molecule has 0 aliphatic heterocycles. The molecule has 3 nitrogen and oxygen atoms in total. The van der Waals surface area contributed by atoms with E-state index in [1.54, 1.807) is 6.07 Å². The zero-order valence-corrected chi connectivity index (χ0v) is 29.0. The molecule has 53 heavy (non-hydrogen) atoms. The summed E-state index contributed by atoms with van der Waals surface area (Å²) in [6, 6.07) is 70.3. The Morgan fingerprint density at radius 2 is 0.830 bits per heavy atom. The van der Waals surface area contributed by atoms with Crippen molar-refractivity contribution in [1.82, 2.24) is 0 Å². The molecule has 9 aromatic rings. The van der Waals surface area contributed by atoms with Crippen LogP contribution in [0.4, 0.5) is 22.7 Å². The molecule has 252 valence electrons. The summed E-state index contributed by atoms with van der Waals surface area (Å²) in [5.74, 6) is 0.129. The van der Waals surface area contributed by atoms with Crippen LogP contribution in [0.1, 0.15) is 0 Å². The van der Waals surface area contributed by atoms with E-state index in [2.05, 4.69) is 187 Å². The van der Waals surface area contributed by atoms with Gasteiger partial charge in [-0.15, -0.1) is 0 Å². The van der Waals surface area contributed by atoms with Crippen LogP contribution in [0.15, 0.2) is 200 Å². The lowest BCUT2D eigenvalue weighted by Crippen LogP contribution is -2.11. The van der Waals surface area contributed by atoms with Crippen LogP contribution in [0.5, 0.6) is 5.75 Å². The van der Waals surface area contributed by atoms with Crippen molar-refractivity contribution in [3.8, 4) is 50.3 Å². The van der Waals surface area contributed by atoms with E-state index in [-0.39, 0.29) is 5.75 Å². The maximum absolute atomic E-state index is 10.7. The molecule has 0 aromatic heterocycles. The first-order chi connectivity index (χ1) is 26.1. The summed E-state index contributed by atoms with van der Waals surface area (Å²) in [7, 11) is 0. The first kappa shape index (κ1) is 31.9. The molecule has 0 saturated heterocycles. The Bertz CT molecular complexity index is 2700. The largest absolute Gasteiger partial charge is 0.505 e. The number of hydrogen-bond acceptors (Lipinski definition) is 3. The summed E-state index contributed by atoms with van der Waals surface area (Å²) >= 11 is 0. The SMILES string of the molecule is Nc1ccc2c(ccc3cccc(-c4ccc(-c5ccc(N(c6ccc(-c7ccccc7)cc6)c6ccccc6-c6ccccc6)cc5)cc4)c32)c1O. The summed E-state index contributed by atoms with van der Waals surface area (Å²) < 4.78 is 0. The van der Waals surface area contributed by atoms with Gasteiger partial charge in [0.05, 0.1) is 11.4 Å². The van der Waals surface area contributed by atoms with Crippen LogP contribution in [0.2, 0.25) is 0 Å². The van der Waals surface area contributed by atoms with Crippen LogP contribution in [0.3, 0.4) is 0 Å². The number of nitrogen functional groups attached to an aromatic ring is 1. The molecule has 0 fully saturated rings. The monoisotopic (exact) mass is 680 g/mol. The van der Waals surface area contributed by atoms with Crippen molar-refractivity contribution in [3.05, 3.63) is 200 Å². The van der Waals surface area contributed by atoms with Gasteiger partial charge in [-0.3, -0.25) is 0 Å². The van der Waals surface area contributed by atoms with Crippen LogP contribution >= 0.6 is 0 Å². The molecule has 0 amide bonds. The number of fused-ring (bicyclic) bond motifs is 3. The smallest absolute Gasteiger partial charge is 0.146 e. The minimum Gasteiger partial charge on any atom is -0.505 e. The van der Waals surface area contributed by atoms with Crippen LogP contribution < -0.4 is 10.6 Å². The lowest BCUT2D eigenvalue weighted by Gasteiger charge is -2.28. The van der Waals surface area contributed by atoms with Gasteiger partial charge in [-0.1, -0.05) is 158 Å². The average Bonchev–Trinajstić information content (AvgIpc) is 3.23. The van der Waals surface area contributed by atoms with Gasteiger partial charge in [0.1, 0.15) is 5.75 Å². The second-order valence-electron chi connectivity index (χ2n) is 13.3. The van der Waals surface area contributed by atoms with Crippen LogP contribution in [-0.4, -0.2) is 5.11 Å². The van der Waals surface area contributed by atoms with Crippen LogP contribution in [-0.2, 0) is 0 Å². The maximum atomic E-state index is 10.7. The number of phenolic OH excluding ortho intramolecular Hbond substituents is 1. The molecule has 0 bridgehead atoms. The molecule has 0 unspecified atom stereocenters. The normalized spacial score (nSPS) is 11.2. The second-order valence-corrected chi connectivity index (χ2v) is 13.3. The molecule has 0 radical (unpaired) electrons. The lowest BCUT2D eigenvalue weighted by atomic mass is 9.92. The van der Waals surface area contributed by atoms with E-state index >= 15 is 0 Å². The summed E-state index contributed by atoms with van der Waals surface area (Å²) in [6.07, 6.45) is 0. The molecule has 3 N–H and O–H groups in total. The fourth-order valence-electron chi connectivity index (χ4n) is 7.47. The van der Waals surface area contributed by atoms with Gasteiger partial charge >= 0.3 is 0 Å². The minimum atomic E-state index is 0.129. The Morgan fingerprint density at radius 3 is 1.47 bits per heavy atom. The predicted octanol–water partition coefficient (Wildman–Crippen LogP) is 13.4. The molecule has 9 rings (SSSR count). The summed E-state index contributed by atoms with van der Waals surface area (Å²) in [4.78, 5) is 2.35. The molecule has 0 aliphatic rings. The quantitative estimate of drug-likeness (QED) is 0.100. The molecule has 0 heterocycles. The number of nitrogens with two attached hydrogens (primary N) is 1. The molecule has 3 heteroatoms. The second kappa shape index (κ2) is 13.6. The third-order valence-electron chi connectivity index (χ3n) is 10.2. The van der Waals surface area contributed by atoms with Crippen molar-refractivity contribution in [2.24, 2.45) is 0 Å². The Balaban J connectivity index is 1.08. The lowest BCUT2D eigenvalue weighted by molar-refractivity contribution is 0.484. The van der Waals surface area contributed by atoms with Gasteiger partial charge < -0.3 is 15.7 Å². The van der Waals surface area contributed by atoms with Gasteiger partial charge in [0.15, 0.2) is 0 Å². The van der Waals surface area contributed by atoms with E-state index in [1.807, 2.05) is 12.1 Å². The standard InChI is InChI=1S/C50H36N2O/c51-47-33-32-45-46(50(47)53)31-26-40-14-9-16-44(49(40)45)39-20-18-35(19-21-39)37-24-29-42(30-25-37)52(41-27-22-36(23-28-41)34-10-3-1-4-11-34)48-17-8-7-15-43(48)38-12-5-2-6-13-38/h1-33,53H,51H2. The highest BCUT2D eigenvalue weighted by atomic mass is 16.3. The van der Waals surface area contributed by atoms with E-state index < -0.39 is 0 Å². The third-order valence-corrected chi connectivity index (χ3v) is 10.2. The zero-order valence-electron chi connectivity index (χ0n) is 29.0. The minimum absolute atomic E-state index is 0.129. The van der Waals surface area contributed by atoms with Gasteiger partial charge in [-0.2, -0.15) is 0 Å². The Kier molecular flexibility index (Phi) is 8.15. The molecule has 0 saturated carbocycles. The van der Waals surface area contributed by atoms with E-state index in [9.17, 15) is 5.11 Å². The number of aromatic hydroxyl groups is 1. The summed E-state index contributed by atoms with van der Waals surface area (Å²) in [5.41, 5.74) is 18.9. The fraction of sp³-hybridized carbons (Fsp3) is 0. The molecule has 0 aliphatic carbocycles. The molecule has 9 aromatic carbocycles. The molecule has 0 spiro atoms. The summed E-state index contributed by atoms with van der Waals surface area (Å²) in [5, 5.41) is 14.7. The zero-order chi connectivity index (χ0) is 35.7. The number of anilines is 4. The predicted molar refractivity (Wildman–Crippen MR) is 224 cm³/mol. The van der Waals surface area contributed by atoms with E-state index in [4.69, 9.17) is 5.73 Å². The van der Waals surface area contributed by atoms with Crippen molar-refractivity contribution in [3.63, 3.8) is 0 Å². The topological polar surface area (TPSA) is 49.5 Å². The van der Waals surface area contributed by atoms with Crippen LogP contribution in [0.25, 0.3) is 66.1 Å². The van der Waals surface area contributed by atoms with Crippen molar-refractivity contribution in [2.75, 3.05) is 10.6 Å². The molecular formula is C50H36N2O. The highest BCUT2D eigenvalue weighted by molar-refractivity contribution is 6.16. The Labute approximate surface area is 309 Å². The van der Waals surface area contributed by atoms with Crippen LogP contribution in [0, 0.1) is 0 Å². The number of phenols is 1. The number of rotatable bonds is 7. The number of nitrogens with zero attached hydrogens (tertiary/aromatic N) is 1. The highest BCUT2D eigenvalue weighted by Crippen LogP contribution is 2.43. The highest BCUT2D eigenvalue weighted by Gasteiger charge is 2.18. The fourth-order valence-corrected chi connectivity index (χ4v) is 7.47. The first-order valence-electron chi connectivity index (χ1n) is 17.9. The number of benzene rings is 9. The maximum Gasteiger partial charge on any atom is 0.146 e. The third kappa shape index (κ3) is 5.94. The van der Waals surface area contributed by atoms with Crippen molar-refractivity contribution < 1.29 is 5.11 Å². The average molecular weight is 681 g/mol. The van der Waals surface area contributed by atoms with Gasteiger partial charge in [-0.05, 0) is 97.6 Å². The van der Waals surface area contributed by atoms with Crippen molar-refractivity contribution >= 4 is 44.3 Å². The first-order valence-corrected chi connectivity index (χ1v) is 17.9. The Hall–Kier alpha value is -7.10. The van der Waals surface area contributed by atoms with E-state index in [0.29, 0.717) is 5.69 Å². The van der Waals surface area contributed by atoms with Crippen molar-refractivity contribution in [2.45, 2.75) is 0 Å². The van der Waals surface area contributed by atoms with Gasteiger partial charge in [0.2, 0.25) is 0 Å². The molecule has 0 atom stereocenters. The van der Waals surface area contributed by atoms with E-state index in [1.165, 1.54) is 22.3 Å². The Morgan fingerprint density at radius 1 is 0.358 bits per heavy atom. The van der Waals surface area contributed by atoms with E-state index in [0.717, 1.165) is 60.9 Å². The van der Waals surface area contributed by atoms with Gasteiger partial charge in [0.25, 0.3) is 0 Å². The molecular weight excluding hydrogens is 645 g/mol. The number of hydrogen-bond donors (Lipinski definition) is 2. The van der Waals surface area contributed by atoms with Crippen molar-refractivity contribution in [1.29, 1.82) is 0 Å². The number of para-hydroxylation sites is 1. The summed E-state index contributed by atoms with van der Waals surface area (Å²) in [6.45, 7) is 0. The van der Waals surface area contributed by atoms with Gasteiger partial charge in [-0.25, -0.2) is 0 Å².